The van der Waals surface area contributed by atoms with Gasteiger partial charge in [-0.2, -0.15) is 17.0 Å². The fourth-order valence-corrected chi connectivity index (χ4v) is 3.28. The molecule has 1 aliphatic rings. The van der Waals surface area contributed by atoms with Gasteiger partial charge in [0.2, 0.25) is 0 Å². The summed E-state index contributed by atoms with van der Waals surface area (Å²) < 4.78 is 52.8. The van der Waals surface area contributed by atoms with Crippen LogP contribution in [-0.2, 0) is 26.3 Å². The van der Waals surface area contributed by atoms with E-state index in [1.165, 1.54) is 0 Å². The lowest BCUT2D eigenvalue weighted by molar-refractivity contribution is -0.144. The van der Waals surface area contributed by atoms with Crippen molar-refractivity contribution in [2.24, 2.45) is 0 Å². The molecule has 6 nitrogen and oxygen atoms in total. The molecule has 1 aromatic rings. The maximum absolute atomic E-state index is 12.5. The molecule has 1 heterocycles. The van der Waals surface area contributed by atoms with Crippen LogP contribution in [0.2, 0.25) is 0 Å². The molecule has 0 aromatic heterocycles. The van der Waals surface area contributed by atoms with Crippen LogP contribution in [0.25, 0.3) is 0 Å². The quantitative estimate of drug-likeness (QED) is 0.746. The van der Waals surface area contributed by atoms with E-state index in [4.69, 9.17) is 4.11 Å². The smallest absolute Gasteiger partial charge is 0.325 e. The van der Waals surface area contributed by atoms with Crippen molar-refractivity contribution in [3.8, 4) is 0 Å². The minimum Gasteiger partial charge on any atom is -0.468 e. The Morgan fingerprint density at radius 1 is 1.47 bits per heavy atom. The van der Waals surface area contributed by atoms with Gasteiger partial charge in [-0.3, -0.25) is 4.79 Å². The Balaban J connectivity index is 2.39. The van der Waals surface area contributed by atoms with Crippen LogP contribution in [0.5, 0.6) is 0 Å². The molecule has 1 fully saturated rings. The van der Waals surface area contributed by atoms with Crippen LogP contribution in [-0.4, -0.2) is 49.7 Å². The number of hydrogen-bond donors (Lipinski definition) is 0. The fraction of sp³-hybridized carbons (Fsp3) is 0.417. The topological polar surface area (TPSA) is 66.9 Å². The third-order valence-corrected chi connectivity index (χ3v) is 4.60. The van der Waals surface area contributed by atoms with Crippen molar-refractivity contribution in [1.82, 2.24) is 8.61 Å². The first-order chi connectivity index (χ1) is 10.2. The minimum atomic E-state index is -4.28. The molecular formula is C12H16N2O4S. The molecule has 2 rings (SSSR count). The molecule has 0 N–H and O–H groups in total. The number of rotatable bonds is 3. The number of benzene rings is 1. The molecule has 1 aromatic carbocycles. The van der Waals surface area contributed by atoms with Gasteiger partial charge in [0, 0.05) is 24.2 Å². The summed E-state index contributed by atoms with van der Waals surface area (Å²) in [5.74, 6) is -0.786. The van der Waals surface area contributed by atoms with E-state index >= 15 is 0 Å². The van der Waals surface area contributed by atoms with Crippen LogP contribution >= 0.6 is 0 Å². The molecule has 104 valence electrons. The number of carbonyl (C=O) groups is 1. The number of nitrogens with zero attached hydrogens (tertiary/aromatic N) is 2. The number of esters is 1. The first kappa shape index (κ1) is 10.4. The maximum atomic E-state index is 12.5. The van der Waals surface area contributed by atoms with E-state index < -0.39 is 35.7 Å². The highest BCUT2D eigenvalue weighted by Crippen LogP contribution is 2.24. The Kier molecular flexibility index (Phi) is 2.88. The average Bonchev–Trinajstić information content (AvgIpc) is 2.71. The third kappa shape index (κ3) is 2.63. The molecule has 0 bridgehead atoms. The standard InChI is InChI=1S/C12H16N2O4S/c1-13-9-11(12(15)18-2)14(19(13,16)17)8-10-6-4-3-5-7-10/h3-7,11H,8-9H2,1-2H3/t11-/m0/s1/i1D3. The van der Waals surface area contributed by atoms with Crippen LogP contribution in [0, 0.1) is 0 Å². The van der Waals surface area contributed by atoms with Crippen LogP contribution < -0.4 is 0 Å². The molecular weight excluding hydrogens is 268 g/mol. The van der Waals surface area contributed by atoms with Crippen molar-refractivity contribution in [3.63, 3.8) is 0 Å². The molecule has 0 aliphatic carbocycles. The second-order valence-corrected chi connectivity index (χ2v) is 5.91. The van der Waals surface area contributed by atoms with Crippen molar-refractivity contribution in [1.29, 1.82) is 0 Å². The first-order valence-corrected chi connectivity index (χ1v) is 6.99. The Hall–Kier alpha value is -1.44. The number of hydrogen-bond acceptors (Lipinski definition) is 4. The normalized spacial score (nSPS) is 26.4. The predicted octanol–water partition coefficient (Wildman–Crippen LogP) is 0.220. The van der Waals surface area contributed by atoms with E-state index in [1.807, 2.05) is 0 Å². The van der Waals surface area contributed by atoms with E-state index in [2.05, 4.69) is 4.74 Å². The Morgan fingerprint density at radius 3 is 2.74 bits per heavy atom. The zero-order valence-corrected chi connectivity index (χ0v) is 11.1. The van der Waals surface area contributed by atoms with Gasteiger partial charge < -0.3 is 4.74 Å². The highest BCUT2D eigenvalue weighted by atomic mass is 32.2. The van der Waals surface area contributed by atoms with Gasteiger partial charge in [-0.05, 0) is 5.56 Å². The summed E-state index contributed by atoms with van der Waals surface area (Å²) in [6.45, 7) is -3.41. The molecule has 0 amide bonds. The summed E-state index contributed by atoms with van der Waals surface area (Å²) in [4.78, 5) is 11.8. The monoisotopic (exact) mass is 287 g/mol. The summed E-state index contributed by atoms with van der Waals surface area (Å²) >= 11 is 0. The molecule has 1 atom stereocenters. The number of methoxy groups -OCH3 is 1. The van der Waals surface area contributed by atoms with E-state index in [9.17, 15) is 13.2 Å². The number of likely N-dealkylation sites (N-methyl/N-ethyl adjacent to an activating group) is 1. The molecule has 1 aliphatic heterocycles. The van der Waals surface area contributed by atoms with Gasteiger partial charge in [0.1, 0.15) is 6.04 Å². The Bertz CT molecular complexity index is 648. The fourth-order valence-electron chi connectivity index (χ4n) is 1.91. The van der Waals surface area contributed by atoms with Gasteiger partial charge in [-0.15, -0.1) is 0 Å². The van der Waals surface area contributed by atoms with Crippen molar-refractivity contribution >= 4 is 16.2 Å². The van der Waals surface area contributed by atoms with Gasteiger partial charge in [-0.1, -0.05) is 30.3 Å². The molecule has 1 saturated heterocycles. The number of carbonyl (C=O) groups excluding carboxylic acids is 1. The zero-order valence-electron chi connectivity index (χ0n) is 13.3. The van der Waals surface area contributed by atoms with Crippen LogP contribution in [0.1, 0.15) is 9.68 Å². The second-order valence-electron chi connectivity index (χ2n) is 4.11. The van der Waals surface area contributed by atoms with Crippen molar-refractivity contribution in [2.45, 2.75) is 12.6 Å². The molecule has 0 unspecified atom stereocenters. The predicted molar refractivity (Wildman–Crippen MR) is 69.3 cm³/mol. The Labute approximate surface area is 117 Å². The summed E-state index contributed by atoms with van der Waals surface area (Å²) in [5.41, 5.74) is 0.646. The summed E-state index contributed by atoms with van der Waals surface area (Å²) in [5, 5.41) is 0. The lowest BCUT2D eigenvalue weighted by atomic mass is 10.2. The Morgan fingerprint density at radius 2 is 2.16 bits per heavy atom. The molecule has 0 radical (unpaired) electrons. The van der Waals surface area contributed by atoms with Crippen LogP contribution in [0.3, 0.4) is 0 Å². The van der Waals surface area contributed by atoms with E-state index in [0.717, 1.165) is 11.4 Å². The van der Waals surface area contributed by atoms with Gasteiger partial charge >= 0.3 is 5.97 Å². The second kappa shape index (κ2) is 5.28. The van der Waals surface area contributed by atoms with E-state index in [1.54, 1.807) is 30.3 Å². The highest BCUT2D eigenvalue weighted by Gasteiger charge is 2.46. The van der Waals surface area contributed by atoms with Gasteiger partial charge in [-0.25, -0.2) is 0 Å². The summed E-state index contributed by atoms with van der Waals surface area (Å²) in [6.07, 6.45) is 0. The van der Waals surface area contributed by atoms with E-state index in [-0.39, 0.29) is 6.54 Å². The third-order valence-electron chi connectivity index (χ3n) is 2.92. The maximum Gasteiger partial charge on any atom is 0.325 e. The lowest BCUT2D eigenvalue weighted by Gasteiger charge is -2.20. The zero-order chi connectivity index (χ0) is 16.5. The largest absolute Gasteiger partial charge is 0.468 e. The highest BCUT2D eigenvalue weighted by molar-refractivity contribution is 7.87. The van der Waals surface area contributed by atoms with Crippen molar-refractivity contribution in [3.05, 3.63) is 35.9 Å². The molecule has 7 heteroatoms. The van der Waals surface area contributed by atoms with Gasteiger partial charge in [0.15, 0.2) is 0 Å². The average molecular weight is 287 g/mol. The minimum absolute atomic E-state index is 0.102. The van der Waals surface area contributed by atoms with Gasteiger partial charge in [0.05, 0.1) is 7.11 Å². The molecule has 0 spiro atoms. The summed E-state index contributed by atoms with van der Waals surface area (Å²) in [7, 11) is -3.15. The van der Waals surface area contributed by atoms with E-state index in [0.29, 0.717) is 9.87 Å². The molecule has 19 heavy (non-hydrogen) atoms. The SMILES string of the molecule is [2H]C([2H])([2H])N1C[C@@H](C(=O)OC)N(Cc2ccccc2)S1(=O)=O. The first-order valence-electron chi connectivity index (χ1n) is 7.09. The number of ether oxygens (including phenoxy) is 1. The van der Waals surface area contributed by atoms with Crippen molar-refractivity contribution < 1.29 is 22.1 Å². The molecule has 0 saturated carbocycles. The van der Waals surface area contributed by atoms with Crippen LogP contribution in [0.4, 0.5) is 0 Å². The van der Waals surface area contributed by atoms with Crippen molar-refractivity contribution in [2.75, 3.05) is 20.6 Å². The summed E-state index contributed by atoms with van der Waals surface area (Å²) in [6, 6.07) is 7.44. The van der Waals surface area contributed by atoms with Crippen LogP contribution in [0.15, 0.2) is 30.3 Å². The van der Waals surface area contributed by atoms with Gasteiger partial charge in [0.25, 0.3) is 10.2 Å². The lowest BCUT2D eigenvalue weighted by Crippen LogP contribution is -2.40.